The van der Waals surface area contributed by atoms with Gasteiger partial charge in [0.25, 0.3) is 5.69 Å². The lowest BCUT2D eigenvalue weighted by atomic mass is 9.98. The zero-order valence-corrected chi connectivity index (χ0v) is 20.6. The summed E-state index contributed by atoms with van der Waals surface area (Å²) in [6.07, 6.45) is 0. The molecule has 0 bridgehead atoms. The summed E-state index contributed by atoms with van der Waals surface area (Å²) >= 11 is 0. The summed E-state index contributed by atoms with van der Waals surface area (Å²) in [5.41, 5.74) is 7.64. The standard InChI is InChI=1S/C30H23N2O2.BF4/c33-32(34)28-18-16-24(17-19-28)27-20-29(25-12-6-2-7-13-25)31(22-23-10-4-1-5-11-23)30(21-27)26-14-8-3-9-15-26;2-1(3,4)5/h1-21H,22H2;/q+1;-1. The van der Waals surface area contributed by atoms with E-state index in [9.17, 15) is 27.4 Å². The maximum atomic E-state index is 11.1. The van der Waals surface area contributed by atoms with Crippen LogP contribution in [0.4, 0.5) is 23.0 Å². The maximum Gasteiger partial charge on any atom is 0.673 e. The van der Waals surface area contributed by atoms with Crippen molar-refractivity contribution in [2.45, 2.75) is 6.54 Å². The molecule has 0 saturated heterocycles. The summed E-state index contributed by atoms with van der Waals surface area (Å²) in [4.78, 5) is 10.8. The highest BCUT2D eigenvalue weighted by molar-refractivity contribution is 6.50. The van der Waals surface area contributed by atoms with E-state index in [0.29, 0.717) is 0 Å². The molecule has 0 aliphatic heterocycles. The molecule has 1 heterocycles. The Kier molecular flexibility index (Phi) is 8.51. The largest absolute Gasteiger partial charge is 0.673 e. The lowest BCUT2D eigenvalue weighted by molar-refractivity contribution is -0.666. The van der Waals surface area contributed by atoms with Crippen molar-refractivity contribution in [2.75, 3.05) is 0 Å². The van der Waals surface area contributed by atoms with Crippen molar-refractivity contribution in [1.82, 2.24) is 0 Å². The first-order chi connectivity index (χ1) is 18.7. The number of hydrogen-bond acceptors (Lipinski definition) is 2. The van der Waals surface area contributed by atoms with Gasteiger partial charge < -0.3 is 17.3 Å². The second kappa shape index (κ2) is 12.2. The molecular formula is C30H23BF4N2O2. The van der Waals surface area contributed by atoms with Gasteiger partial charge in [-0.2, -0.15) is 4.57 Å². The van der Waals surface area contributed by atoms with Crippen LogP contribution in [-0.4, -0.2) is 12.2 Å². The van der Waals surface area contributed by atoms with Gasteiger partial charge in [0, 0.05) is 41.0 Å². The Morgan fingerprint density at radius 1 is 0.590 bits per heavy atom. The lowest BCUT2D eigenvalue weighted by Crippen LogP contribution is -2.39. The van der Waals surface area contributed by atoms with Gasteiger partial charge in [0.2, 0.25) is 11.4 Å². The number of halogens is 4. The molecule has 0 fully saturated rings. The molecule has 39 heavy (non-hydrogen) atoms. The summed E-state index contributed by atoms with van der Waals surface area (Å²) in [6.45, 7) is 0.718. The third kappa shape index (κ3) is 7.61. The number of nitro groups is 1. The summed E-state index contributed by atoms with van der Waals surface area (Å²) < 4.78 is 41.3. The third-order valence-electron chi connectivity index (χ3n) is 5.90. The Labute approximate surface area is 223 Å². The number of nitro benzene ring substituents is 1. The highest BCUT2D eigenvalue weighted by Crippen LogP contribution is 2.30. The Morgan fingerprint density at radius 3 is 1.41 bits per heavy atom. The van der Waals surface area contributed by atoms with Gasteiger partial charge in [-0.1, -0.05) is 66.7 Å². The van der Waals surface area contributed by atoms with Gasteiger partial charge in [-0.05, 0) is 47.5 Å². The van der Waals surface area contributed by atoms with Crippen LogP contribution in [0.25, 0.3) is 33.6 Å². The van der Waals surface area contributed by atoms with Crippen LogP contribution in [0.2, 0.25) is 0 Å². The molecule has 0 unspecified atom stereocenters. The summed E-state index contributed by atoms with van der Waals surface area (Å²) in [5.74, 6) is 0. The quantitative estimate of drug-likeness (QED) is 0.0730. The molecule has 196 valence electrons. The first-order valence-corrected chi connectivity index (χ1v) is 12.0. The molecule has 9 heteroatoms. The van der Waals surface area contributed by atoms with E-state index in [1.165, 1.54) is 5.56 Å². The van der Waals surface area contributed by atoms with E-state index in [-0.39, 0.29) is 10.6 Å². The van der Waals surface area contributed by atoms with Crippen molar-refractivity contribution < 1.29 is 26.8 Å². The molecule has 4 nitrogen and oxygen atoms in total. The number of aromatic nitrogens is 1. The van der Waals surface area contributed by atoms with Crippen LogP contribution in [-0.2, 0) is 6.54 Å². The average molecular weight is 530 g/mol. The fourth-order valence-electron chi connectivity index (χ4n) is 4.20. The second-order valence-electron chi connectivity index (χ2n) is 8.62. The van der Waals surface area contributed by atoms with Crippen LogP contribution < -0.4 is 4.57 Å². The molecule has 0 aliphatic rings. The number of pyridine rings is 1. The van der Waals surface area contributed by atoms with E-state index in [1.54, 1.807) is 12.1 Å². The molecule has 0 aliphatic carbocycles. The van der Waals surface area contributed by atoms with E-state index in [0.717, 1.165) is 40.2 Å². The van der Waals surface area contributed by atoms with Crippen molar-refractivity contribution in [3.63, 3.8) is 0 Å². The Balaban J connectivity index is 0.000000648. The van der Waals surface area contributed by atoms with E-state index in [1.807, 2.05) is 54.6 Å². The highest BCUT2D eigenvalue weighted by atomic mass is 19.5. The molecule has 0 atom stereocenters. The molecule has 0 amide bonds. The predicted molar refractivity (Wildman–Crippen MR) is 145 cm³/mol. The number of non-ortho nitro benzene ring substituents is 1. The van der Waals surface area contributed by atoms with Crippen LogP contribution in [0.3, 0.4) is 0 Å². The van der Waals surface area contributed by atoms with E-state index < -0.39 is 7.25 Å². The summed E-state index contributed by atoms with van der Waals surface area (Å²) in [7, 11) is -6.00. The normalized spacial score (nSPS) is 10.9. The summed E-state index contributed by atoms with van der Waals surface area (Å²) in [5, 5.41) is 11.1. The molecule has 0 spiro atoms. The van der Waals surface area contributed by atoms with Gasteiger partial charge in [-0.3, -0.25) is 10.1 Å². The molecule has 4 aromatic carbocycles. The number of benzene rings is 4. The van der Waals surface area contributed by atoms with Crippen LogP contribution >= 0.6 is 0 Å². The number of hydrogen-bond donors (Lipinski definition) is 0. The van der Waals surface area contributed by atoms with Gasteiger partial charge in [0.1, 0.15) is 0 Å². The highest BCUT2D eigenvalue weighted by Gasteiger charge is 2.23. The predicted octanol–water partition coefficient (Wildman–Crippen LogP) is 8.23. The van der Waals surface area contributed by atoms with E-state index >= 15 is 0 Å². The van der Waals surface area contributed by atoms with Crippen molar-refractivity contribution in [3.8, 4) is 33.6 Å². The monoisotopic (exact) mass is 530 g/mol. The Morgan fingerprint density at radius 2 is 1.00 bits per heavy atom. The smallest absolute Gasteiger partial charge is 0.418 e. The summed E-state index contributed by atoms with van der Waals surface area (Å²) in [6, 6.07) is 42.2. The van der Waals surface area contributed by atoms with Crippen molar-refractivity contribution in [2.24, 2.45) is 0 Å². The number of rotatable bonds is 6. The lowest BCUT2D eigenvalue weighted by Gasteiger charge is -2.13. The first-order valence-electron chi connectivity index (χ1n) is 12.0. The molecule has 0 N–H and O–H groups in total. The minimum atomic E-state index is -6.00. The van der Waals surface area contributed by atoms with Gasteiger partial charge in [-0.25, -0.2) is 0 Å². The second-order valence-corrected chi connectivity index (χ2v) is 8.62. The van der Waals surface area contributed by atoms with Gasteiger partial charge in [-0.15, -0.1) is 0 Å². The van der Waals surface area contributed by atoms with Gasteiger partial charge >= 0.3 is 7.25 Å². The topological polar surface area (TPSA) is 47.0 Å². The van der Waals surface area contributed by atoms with Gasteiger partial charge in [0.15, 0.2) is 6.54 Å². The molecule has 0 saturated carbocycles. The van der Waals surface area contributed by atoms with Crippen molar-refractivity contribution >= 4 is 12.9 Å². The molecule has 5 rings (SSSR count). The minimum absolute atomic E-state index is 0.0883. The zero-order valence-electron chi connectivity index (χ0n) is 20.6. The molecule has 1 aromatic heterocycles. The molecule has 0 radical (unpaired) electrons. The molecular weight excluding hydrogens is 507 g/mol. The minimum Gasteiger partial charge on any atom is -0.418 e. The van der Waals surface area contributed by atoms with Crippen LogP contribution in [0.15, 0.2) is 127 Å². The molecule has 5 aromatic rings. The Hall–Kier alpha value is -4.79. The van der Waals surface area contributed by atoms with Gasteiger partial charge in [0.05, 0.1) is 4.92 Å². The van der Waals surface area contributed by atoms with E-state index in [4.69, 9.17) is 0 Å². The first kappa shape index (κ1) is 27.3. The SMILES string of the molecule is F[B-](F)(F)F.O=[N+]([O-])c1ccc(-c2cc(-c3ccccc3)[n+](Cc3ccccc3)c(-c3ccccc3)c2)cc1. The van der Waals surface area contributed by atoms with Crippen LogP contribution in [0.1, 0.15) is 5.56 Å². The van der Waals surface area contributed by atoms with E-state index in [2.05, 4.69) is 65.2 Å². The number of nitrogens with zero attached hydrogens (tertiary/aromatic N) is 2. The zero-order chi connectivity index (χ0) is 27.8. The Bertz CT molecular complexity index is 1460. The maximum absolute atomic E-state index is 11.1. The van der Waals surface area contributed by atoms with Crippen molar-refractivity contribution in [3.05, 3.63) is 143 Å². The fourth-order valence-corrected chi connectivity index (χ4v) is 4.20. The average Bonchev–Trinajstić information content (AvgIpc) is 2.94. The van der Waals surface area contributed by atoms with Crippen LogP contribution in [0, 0.1) is 10.1 Å². The third-order valence-corrected chi connectivity index (χ3v) is 5.90. The van der Waals surface area contributed by atoms with Crippen LogP contribution in [0.5, 0.6) is 0 Å². The van der Waals surface area contributed by atoms with Crippen molar-refractivity contribution in [1.29, 1.82) is 0 Å². The fraction of sp³-hybridized carbons (Fsp3) is 0.0333.